The highest BCUT2D eigenvalue weighted by Crippen LogP contribution is 2.32. The third kappa shape index (κ3) is 5.98. The first-order valence-electron chi connectivity index (χ1n) is 11.3. The zero-order chi connectivity index (χ0) is 26.7. The van der Waals surface area contributed by atoms with E-state index >= 15 is 0 Å². The van der Waals surface area contributed by atoms with Crippen molar-refractivity contribution < 1.29 is 18.3 Å². The van der Waals surface area contributed by atoms with Crippen LogP contribution in [-0.2, 0) is 14.8 Å². The highest BCUT2D eigenvalue weighted by molar-refractivity contribution is 7.93. The van der Waals surface area contributed by atoms with Gasteiger partial charge in [0, 0.05) is 30.2 Å². The van der Waals surface area contributed by atoms with Gasteiger partial charge in [0.2, 0.25) is 0 Å². The van der Waals surface area contributed by atoms with Crippen molar-refractivity contribution in [3.63, 3.8) is 0 Å². The molecule has 0 atom stereocenters. The molecule has 12 heteroatoms. The number of halogens is 2. The van der Waals surface area contributed by atoms with Gasteiger partial charge < -0.3 is 10.0 Å². The SMILES string of the molecule is C/C(O)=C(/C(=N)c1c(Cl)cccc1Cl)C(=O)N1CCC(c2ccc(S(=O)(=O)Nc3nccs3)cc2)CC1. The first kappa shape index (κ1) is 27.1. The molecule has 0 radical (unpaired) electrons. The Labute approximate surface area is 229 Å². The number of benzene rings is 2. The Hall–Kier alpha value is -2.92. The van der Waals surface area contributed by atoms with Crippen LogP contribution < -0.4 is 4.72 Å². The molecule has 2 heterocycles. The van der Waals surface area contributed by atoms with Crippen molar-refractivity contribution in [2.45, 2.75) is 30.6 Å². The van der Waals surface area contributed by atoms with Crippen molar-refractivity contribution in [1.29, 1.82) is 5.41 Å². The van der Waals surface area contributed by atoms with Crippen LogP contribution in [0, 0.1) is 5.41 Å². The fourth-order valence-corrected chi connectivity index (χ4v) is 6.62. The summed E-state index contributed by atoms with van der Waals surface area (Å²) in [5.41, 5.74) is 0.795. The van der Waals surface area contributed by atoms with E-state index in [0.29, 0.717) is 31.1 Å². The maximum atomic E-state index is 13.3. The number of thiazole rings is 1. The second-order valence-corrected chi connectivity index (χ2v) is 11.9. The Kier molecular flexibility index (Phi) is 8.23. The molecule has 1 aliphatic rings. The smallest absolute Gasteiger partial charge is 0.263 e. The molecule has 0 spiro atoms. The van der Waals surface area contributed by atoms with Crippen molar-refractivity contribution in [3.8, 4) is 0 Å². The van der Waals surface area contributed by atoms with Crippen molar-refractivity contribution in [1.82, 2.24) is 9.88 Å². The Morgan fingerprint density at radius 1 is 1.14 bits per heavy atom. The molecular weight excluding hydrogens is 555 g/mol. The fraction of sp³-hybridized carbons (Fsp3) is 0.240. The number of carbonyl (C=O) groups excluding carboxylic acids is 1. The largest absolute Gasteiger partial charge is 0.512 e. The van der Waals surface area contributed by atoms with Crippen molar-refractivity contribution in [3.05, 3.63) is 86.5 Å². The molecular formula is C25H24Cl2N4O4S2. The summed E-state index contributed by atoms with van der Waals surface area (Å²) in [5.74, 6) is -0.613. The zero-order valence-electron chi connectivity index (χ0n) is 19.7. The van der Waals surface area contributed by atoms with Crippen molar-refractivity contribution in [2.24, 2.45) is 0 Å². The van der Waals surface area contributed by atoms with E-state index in [4.69, 9.17) is 28.6 Å². The molecule has 0 unspecified atom stereocenters. The molecule has 8 nitrogen and oxygen atoms in total. The number of anilines is 1. The molecule has 0 bridgehead atoms. The molecule has 37 heavy (non-hydrogen) atoms. The van der Waals surface area contributed by atoms with Crippen LogP contribution in [0.4, 0.5) is 5.13 Å². The Balaban J connectivity index is 1.43. The number of amides is 1. The van der Waals surface area contributed by atoms with Crippen LogP contribution in [0.15, 0.2) is 70.3 Å². The molecule has 0 aliphatic carbocycles. The van der Waals surface area contributed by atoms with Gasteiger partial charge >= 0.3 is 0 Å². The van der Waals surface area contributed by atoms with Gasteiger partial charge in [-0.05, 0) is 55.5 Å². The van der Waals surface area contributed by atoms with E-state index in [2.05, 4.69) is 9.71 Å². The van der Waals surface area contributed by atoms with Crippen LogP contribution in [-0.4, -0.2) is 48.1 Å². The summed E-state index contributed by atoms with van der Waals surface area (Å²) in [5, 5.41) is 21.3. The quantitative estimate of drug-likeness (QED) is 0.184. The van der Waals surface area contributed by atoms with E-state index in [0.717, 1.165) is 5.56 Å². The summed E-state index contributed by atoms with van der Waals surface area (Å²) < 4.78 is 27.6. The summed E-state index contributed by atoms with van der Waals surface area (Å²) in [6, 6.07) is 11.5. The number of allylic oxidation sites excluding steroid dienone is 1. The monoisotopic (exact) mass is 578 g/mol. The maximum Gasteiger partial charge on any atom is 0.263 e. The lowest BCUT2D eigenvalue weighted by Gasteiger charge is -2.33. The summed E-state index contributed by atoms with van der Waals surface area (Å²) in [6.45, 7) is 2.18. The first-order chi connectivity index (χ1) is 17.6. The molecule has 4 rings (SSSR count). The molecule has 0 saturated carbocycles. The van der Waals surface area contributed by atoms with E-state index in [1.54, 1.807) is 52.7 Å². The summed E-state index contributed by atoms with van der Waals surface area (Å²) in [4.78, 5) is 19.0. The first-order valence-corrected chi connectivity index (χ1v) is 14.4. The van der Waals surface area contributed by atoms with Gasteiger partial charge in [-0.25, -0.2) is 13.4 Å². The average Bonchev–Trinajstić information content (AvgIpc) is 3.36. The summed E-state index contributed by atoms with van der Waals surface area (Å²) in [6.07, 6.45) is 2.82. The van der Waals surface area contributed by atoms with Crippen LogP contribution in [0.2, 0.25) is 10.0 Å². The number of sulfonamides is 1. The van der Waals surface area contributed by atoms with E-state index in [1.807, 2.05) is 0 Å². The number of nitrogens with zero attached hydrogens (tertiary/aromatic N) is 2. The molecule has 1 aromatic heterocycles. The Morgan fingerprint density at radius 3 is 2.30 bits per heavy atom. The van der Waals surface area contributed by atoms with Crippen molar-refractivity contribution in [2.75, 3.05) is 17.8 Å². The van der Waals surface area contributed by atoms with Crippen LogP contribution in [0.3, 0.4) is 0 Å². The number of aliphatic hydroxyl groups is 1. The third-order valence-corrected chi connectivity index (χ3v) is 8.94. The number of aromatic nitrogens is 1. The lowest BCUT2D eigenvalue weighted by atomic mass is 9.89. The fourth-order valence-electron chi connectivity index (χ4n) is 4.25. The molecule has 2 aromatic carbocycles. The average molecular weight is 580 g/mol. The standard InChI is InChI=1S/C25H24Cl2N4O4S2/c1-15(32)21(23(28)22-19(26)3-2-4-20(22)27)24(33)31-12-9-17(10-13-31)16-5-7-18(8-6-16)37(34,35)30-25-29-11-14-36-25/h2-8,11,14,17,28,32H,9-10,12-13H2,1H3,(H,29,30)/b21-15+,28-23?. The minimum Gasteiger partial charge on any atom is -0.512 e. The van der Waals surface area contributed by atoms with Crippen LogP contribution >= 0.6 is 34.5 Å². The lowest BCUT2D eigenvalue weighted by molar-refractivity contribution is -0.127. The normalized spacial score (nSPS) is 15.3. The van der Waals surface area contributed by atoms with Gasteiger partial charge in [0.1, 0.15) is 11.3 Å². The second-order valence-electron chi connectivity index (χ2n) is 8.51. The molecule has 194 valence electrons. The molecule has 3 N–H and O–H groups in total. The van der Waals surface area contributed by atoms with Gasteiger partial charge in [0.15, 0.2) is 5.13 Å². The summed E-state index contributed by atoms with van der Waals surface area (Å²) in [7, 11) is -3.73. The number of likely N-dealkylation sites (tertiary alicyclic amines) is 1. The van der Waals surface area contributed by atoms with Crippen molar-refractivity contribution >= 4 is 61.3 Å². The highest BCUT2D eigenvalue weighted by atomic mass is 35.5. The van der Waals surface area contributed by atoms with E-state index in [-0.39, 0.29) is 43.5 Å². The second kappa shape index (κ2) is 11.2. The Bertz CT molecular complexity index is 1420. The molecule has 3 aromatic rings. The predicted molar refractivity (Wildman–Crippen MR) is 147 cm³/mol. The topological polar surface area (TPSA) is 123 Å². The minimum atomic E-state index is -3.73. The van der Waals surface area contributed by atoms with Gasteiger partial charge in [-0.3, -0.25) is 14.9 Å². The number of piperidine rings is 1. The van der Waals surface area contributed by atoms with Gasteiger partial charge in [0.25, 0.3) is 15.9 Å². The third-order valence-electron chi connectivity index (χ3n) is 6.14. The maximum absolute atomic E-state index is 13.3. The molecule has 1 saturated heterocycles. The number of nitrogens with one attached hydrogen (secondary N) is 2. The predicted octanol–water partition coefficient (Wildman–Crippen LogP) is 5.86. The number of hydrogen-bond acceptors (Lipinski definition) is 7. The Morgan fingerprint density at radius 2 is 1.76 bits per heavy atom. The van der Waals surface area contributed by atoms with E-state index in [1.165, 1.54) is 24.5 Å². The van der Waals surface area contributed by atoms with Gasteiger partial charge in [0.05, 0.1) is 20.7 Å². The zero-order valence-corrected chi connectivity index (χ0v) is 22.9. The molecule has 1 amide bonds. The number of carbonyl (C=O) groups is 1. The molecule has 1 fully saturated rings. The molecule has 1 aliphatic heterocycles. The summed E-state index contributed by atoms with van der Waals surface area (Å²) >= 11 is 13.7. The number of rotatable bonds is 7. The van der Waals surface area contributed by atoms with Gasteiger partial charge in [-0.15, -0.1) is 11.3 Å². The van der Waals surface area contributed by atoms with Gasteiger partial charge in [-0.1, -0.05) is 41.4 Å². The van der Waals surface area contributed by atoms with Crippen LogP contribution in [0.5, 0.6) is 0 Å². The minimum absolute atomic E-state index is 0.132. The van der Waals surface area contributed by atoms with Gasteiger partial charge in [-0.2, -0.15) is 0 Å². The number of hydrogen-bond donors (Lipinski definition) is 3. The van der Waals surface area contributed by atoms with Crippen LogP contribution in [0.1, 0.15) is 36.8 Å². The number of aliphatic hydroxyl groups excluding tert-OH is 1. The highest BCUT2D eigenvalue weighted by Gasteiger charge is 2.30. The van der Waals surface area contributed by atoms with E-state index in [9.17, 15) is 18.3 Å². The van der Waals surface area contributed by atoms with E-state index < -0.39 is 15.9 Å². The van der Waals surface area contributed by atoms with Crippen LogP contribution in [0.25, 0.3) is 0 Å². The lowest BCUT2D eigenvalue weighted by Crippen LogP contribution is -2.40.